The Morgan fingerprint density at radius 2 is 1.73 bits per heavy atom. The van der Waals surface area contributed by atoms with E-state index in [0.717, 1.165) is 40.9 Å². The predicted octanol–water partition coefficient (Wildman–Crippen LogP) is 5.79. The molecule has 1 unspecified atom stereocenters. The van der Waals surface area contributed by atoms with Gasteiger partial charge in [-0.3, -0.25) is 9.59 Å². The number of carboxylic acids is 1. The topological polar surface area (TPSA) is 100 Å². The molecule has 37 heavy (non-hydrogen) atoms. The number of likely N-dealkylation sites (N-methyl/N-ethyl adjacent to an activating group) is 1. The molecule has 1 amide bonds. The smallest absolute Gasteiger partial charge is 0.323 e. The lowest BCUT2D eigenvalue weighted by Crippen LogP contribution is -2.32. The first-order valence-electron chi connectivity index (χ1n) is 12.8. The summed E-state index contributed by atoms with van der Waals surface area (Å²) in [7, 11) is 1.47. The van der Waals surface area contributed by atoms with E-state index >= 15 is 0 Å². The van der Waals surface area contributed by atoms with Crippen molar-refractivity contribution in [3.8, 4) is 5.75 Å². The zero-order valence-electron chi connectivity index (χ0n) is 22.9. The van der Waals surface area contributed by atoms with E-state index < -0.39 is 12.1 Å². The highest BCUT2D eigenvalue weighted by atomic mass is 16.5. The number of aliphatic hydroxyl groups is 1. The number of rotatable bonds is 10. The van der Waals surface area contributed by atoms with Gasteiger partial charge in [0.1, 0.15) is 30.2 Å². The summed E-state index contributed by atoms with van der Waals surface area (Å²) in [6.45, 7) is 12.1. The van der Waals surface area contributed by atoms with Crippen LogP contribution in [-0.2, 0) is 10.2 Å². The molecule has 7 heteroatoms. The van der Waals surface area contributed by atoms with E-state index in [-0.39, 0.29) is 29.9 Å². The van der Waals surface area contributed by atoms with Gasteiger partial charge >= 0.3 is 5.97 Å². The number of carbonyl (C=O) groups excluding carboxylic acids is 1. The number of amides is 1. The number of carbonyl (C=O) groups is 2. The molecule has 0 fully saturated rings. The number of benzene rings is 2. The van der Waals surface area contributed by atoms with Crippen molar-refractivity contribution < 1.29 is 29.0 Å². The molecule has 200 valence electrons. The summed E-state index contributed by atoms with van der Waals surface area (Å²) < 4.78 is 12.3. The molecule has 0 saturated carbocycles. The number of aliphatic carboxylic acids is 1. The first-order chi connectivity index (χ1) is 17.3. The van der Waals surface area contributed by atoms with E-state index in [2.05, 4.69) is 26.0 Å². The molecule has 0 radical (unpaired) electrons. The van der Waals surface area contributed by atoms with Crippen LogP contribution in [0.15, 0.2) is 46.9 Å². The molecule has 2 aromatic carbocycles. The minimum absolute atomic E-state index is 0.225. The van der Waals surface area contributed by atoms with Gasteiger partial charge in [-0.1, -0.05) is 52.8 Å². The average molecular weight is 510 g/mol. The summed E-state index contributed by atoms with van der Waals surface area (Å²) in [5.41, 5.74) is 2.42. The van der Waals surface area contributed by atoms with E-state index in [9.17, 15) is 14.7 Å². The molecule has 0 aliphatic heterocycles. The van der Waals surface area contributed by atoms with Crippen LogP contribution in [0.2, 0.25) is 0 Å². The molecule has 1 atom stereocenters. The maximum Gasteiger partial charge on any atom is 0.323 e. The van der Waals surface area contributed by atoms with Gasteiger partial charge in [0.2, 0.25) is 0 Å². The SMILES string of the molecule is CCC(CC)(c1ccc(OCC(O)C(C)(C)C)c(C)c1)c1cc2ccc(C(=O)N(C)CC(=O)O)cc2o1. The minimum Gasteiger partial charge on any atom is -0.491 e. The van der Waals surface area contributed by atoms with Crippen molar-refractivity contribution in [1.29, 1.82) is 0 Å². The van der Waals surface area contributed by atoms with Gasteiger partial charge in [-0.05, 0) is 60.6 Å². The van der Waals surface area contributed by atoms with Crippen molar-refractivity contribution in [3.63, 3.8) is 0 Å². The lowest BCUT2D eigenvalue weighted by molar-refractivity contribution is -0.137. The van der Waals surface area contributed by atoms with Gasteiger partial charge in [0.15, 0.2) is 0 Å². The number of carboxylic acid groups (broad SMARTS) is 1. The summed E-state index contributed by atoms with van der Waals surface area (Å²) in [6.07, 6.45) is 1.03. The third kappa shape index (κ3) is 5.99. The van der Waals surface area contributed by atoms with Crippen molar-refractivity contribution in [2.75, 3.05) is 20.2 Å². The highest BCUT2D eigenvalue weighted by Crippen LogP contribution is 2.42. The van der Waals surface area contributed by atoms with E-state index in [1.54, 1.807) is 12.1 Å². The fourth-order valence-corrected chi connectivity index (χ4v) is 4.57. The van der Waals surface area contributed by atoms with Crippen LogP contribution in [0.25, 0.3) is 11.0 Å². The van der Waals surface area contributed by atoms with E-state index in [4.69, 9.17) is 14.3 Å². The van der Waals surface area contributed by atoms with Crippen molar-refractivity contribution in [2.24, 2.45) is 5.41 Å². The summed E-state index contributed by atoms with van der Waals surface area (Å²) >= 11 is 0. The highest BCUT2D eigenvalue weighted by Gasteiger charge is 2.35. The number of nitrogens with zero attached hydrogens (tertiary/aromatic N) is 1. The summed E-state index contributed by atoms with van der Waals surface area (Å²) in [4.78, 5) is 24.8. The van der Waals surface area contributed by atoms with Crippen molar-refractivity contribution >= 4 is 22.8 Å². The van der Waals surface area contributed by atoms with Crippen molar-refractivity contribution in [3.05, 3.63) is 64.9 Å². The Morgan fingerprint density at radius 3 is 2.30 bits per heavy atom. The lowest BCUT2D eigenvalue weighted by Gasteiger charge is -2.31. The second-order valence-corrected chi connectivity index (χ2v) is 10.9. The van der Waals surface area contributed by atoms with Gasteiger partial charge in [0, 0.05) is 18.0 Å². The number of ether oxygens (including phenoxy) is 1. The van der Waals surface area contributed by atoms with Crippen LogP contribution in [-0.4, -0.2) is 53.3 Å². The second kappa shape index (κ2) is 11.0. The molecule has 0 aliphatic carbocycles. The summed E-state index contributed by atoms with van der Waals surface area (Å²) in [5.74, 6) is 0.117. The second-order valence-electron chi connectivity index (χ2n) is 10.9. The Balaban J connectivity index is 1.93. The minimum atomic E-state index is -1.06. The third-order valence-corrected chi connectivity index (χ3v) is 7.29. The van der Waals surface area contributed by atoms with Crippen LogP contribution in [0.3, 0.4) is 0 Å². The van der Waals surface area contributed by atoms with Gasteiger partial charge in [0.25, 0.3) is 5.91 Å². The lowest BCUT2D eigenvalue weighted by atomic mass is 9.73. The maximum atomic E-state index is 12.7. The van der Waals surface area contributed by atoms with E-state index in [1.165, 1.54) is 11.9 Å². The fourth-order valence-electron chi connectivity index (χ4n) is 4.57. The van der Waals surface area contributed by atoms with Crippen LogP contribution in [0, 0.1) is 12.3 Å². The van der Waals surface area contributed by atoms with Crippen LogP contribution < -0.4 is 4.74 Å². The van der Waals surface area contributed by atoms with E-state index in [0.29, 0.717) is 11.1 Å². The number of aliphatic hydroxyl groups excluding tert-OH is 1. The highest BCUT2D eigenvalue weighted by molar-refractivity contribution is 5.98. The molecular weight excluding hydrogens is 470 g/mol. The van der Waals surface area contributed by atoms with Crippen LogP contribution in [0.5, 0.6) is 5.75 Å². The van der Waals surface area contributed by atoms with Gasteiger partial charge in [0.05, 0.1) is 11.5 Å². The molecule has 1 aromatic heterocycles. The summed E-state index contributed by atoms with van der Waals surface area (Å²) in [6, 6.07) is 13.4. The number of fused-ring (bicyclic) bond motifs is 1. The molecule has 2 N–H and O–H groups in total. The molecule has 0 aliphatic rings. The number of furan rings is 1. The van der Waals surface area contributed by atoms with Crippen LogP contribution in [0.1, 0.15) is 74.7 Å². The van der Waals surface area contributed by atoms with Crippen molar-refractivity contribution in [2.45, 2.75) is 65.9 Å². The molecule has 0 saturated heterocycles. The number of aryl methyl sites for hydroxylation is 1. The molecule has 3 aromatic rings. The molecule has 0 bridgehead atoms. The fraction of sp³-hybridized carbons (Fsp3) is 0.467. The molecule has 0 spiro atoms. The zero-order valence-corrected chi connectivity index (χ0v) is 22.9. The molecule has 7 nitrogen and oxygen atoms in total. The Bertz CT molecular complexity index is 1260. The maximum absolute atomic E-state index is 12.7. The Labute approximate surface area is 219 Å². The van der Waals surface area contributed by atoms with Crippen LogP contribution in [0.4, 0.5) is 0 Å². The van der Waals surface area contributed by atoms with Crippen LogP contribution >= 0.6 is 0 Å². The molecular formula is C30H39NO6. The van der Waals surface area contributed by atoms with Gasteiger partial charge in [-0.25, -0.2) is 0 Å². The number of hydrogen-bond donors (Lipinski definition) is 2. The largest absolute Gasteiger partial charge is 0.491 e. The third-order valence-electron chi connectivity index (χ3n) is 7.29. The summed E-state index contributed by atoms with van der Waals surface area (Å²) in [5, 5.41) is 20.2. The normalized spacial score (nSPS) is 13.0. The zero-order chi connectivity index (χ0) is 27.5. The first-order valence-corrected chi connectivity index (χ1v) is 12.8. The van der Waals surface area contributed by atoms with Gasteiger partial charge in [-0.2, -0.15) is 0 Å². The Kier molecular flexibility index (Phi) is 8.38. The van der Waals surface area contributed by atoms with Crippen molar-refractivity contribution in [1.82, 2.24) is 4.90 Å². The molecule has 1 heterocycles. The first kappa shape index (κ1) is 28.3. The monoisotopic (exact) mass is 509 g/mol. The van der Waals surface area contributed by atoms with Gasteiger partial charge < -0.3 is 24.3 Å². The Hall–Kier alpha value is -3.32. The standard InChI is InChI=1S/C30H39NO6/c1-8-30(9-2,22-12-13-23(19(3)14-22)36-18-25(32)29(4,5)6)26-16-20-10-11-21(15-24(20)37-26)28(35)31(7)17-27(33)34/h10-16,25,32H,8-9,17-18H2,1-7H3,(H,33,34). The quantitative estimate of drug-likeness (QED) is 0.359. The number of hydrogen-bond acceptors (Lipinski definition) is 5. The molecule has 3 rings (SSSR count). The predicted molar refractivity (Wildman–Crippen MR) is 144 cm³/mol. The van der Waals surface area contributed by atoms with E-state index in [1.807, 2.05) is 45.9 Å². The van der Waals surface area contributed by atoms with Gasteiger partial charge in [-0.15, -0.1) is 0 Å². The average Bonchev–Trinajstić information content (AvgIpc) is 3.26. The Morgan fingerprint density at radius 1 is 1.05 bits per heavy atom.